The minimum atomic E-state index is -4.78. The van der Waals surface area contributed by atoms with Gasteiger partial charge in [-0.05, 0) is 37.1 Å². The van der Waals surface area contributed by atoms with Crippen LogP contribution in [0.2, 0.25) is 0 Å². The average molecular weight is 512 g/mol. The number of rotatable bonds is 6. The van der Waals surface area contributed by atoms with Crippen LogP contribution >= 0.6 is 0 Å². The number of carbonyl (C=O) groups excluding carboxylic acids is 1. The van der Waals surface area contributed by atoms with Crippen molar-refractivity contribution in [1.29, 1.82) is 0 Å². The molecule has 4 rings (SSSR count). The highest BCUT2D eigenvalue weighted by molar-refractivity contribution is 6.03. The van der Waals surface area contributed by atoms with Crippen molar-refractivity contribution >= 4 is 17.2 Å². The van der Waals surface area contributed by atoms with Crippen molar-refractivity contribution in [2.45, 2.75) is 32.9 Å². The van der Waals surface area contributed by atoms with Gasteiger partial charge in [-0.25, -0.2) is 14.2 Å². The summed E-state index contributed by atoms with van der Waals surface area (Å²) in [6.45, 7) is 1.70. The Morgan fingerprint density at radius 1 is 1.06 bits per heavy atom. The molecule has 36 heavy (non-hydrogen) atoms. The molecule has 0 bridgehead atoms. The van der Waals surface area contributed by atoms with E-state index in [2.05, 4.69) is 25.2 Å². The number of nitrogens with one attached hydrogen (secondary N) is 1. The largest absolute Gasteiger partial charge is 0.433 e. The summed E-state index contributed by atoms with van der Waals surface area (Å²) in [7, 11) is 0. The molecule has 0 saturated carbocycles. The third kappa shape index (κ3) is 5.64. The number of nitrogens with zero attached hydrogens (tertiary/aromatic N) is 5. The van der Waals surface area contributed by atoms with Crippen LogP contribution in [0.25, 0.3) is 16.9 Å². The number of hydrogen-bond acceptors (Lipinski definition) is 5. The number of aromatic nitrogens is 5. The van der Waals surface area contributed by atoms with Crippen LogP contribution in [0.5, 0.6) is 0 Å². The van der Waals surface area contributed by atoms with Gasteiger partial charge < -0.3 is 10.1 Å². The molecule has 14 heteroatoms. The van der Waals surface area contributed by atoms with Crippen LogP contribution in [-0.4, -0.2) is 43.1 Å². The van der Waals surface area contributed by atoms with Gasteiger partial charge in [0.05, 0.1) is 23.8 Å². The van der Waals surface area contributed by atoms with E-state index in [9.17, 15) is 31.1 Å². The second-order valence-electron chi connectivity index (χ2n) is 7.94. The Balaban J connectivity index is 1.60. The molecule has 0 saturated heterocycles. The normalized spacial score (nSPS) is 12.3. The number of carbonyl (C=O) groups is 1. The van der Waals surface area contributed by atoms with Crippen molar-refractivity contribution < 1.29 is 35.9 Å². The van der Waals surface area contributed by atoms with Gasteiger partial charge in [0.2, 0.25) is 0 Å². The number of fused-ring (bicyclic) bond motifs is 1. The summed E-state index contributed by atoms with van der Waals surface area (Å²) < 4.78 is 84.0. The highest BCUT2D eigenvalue weighted by Gasteiger charge is 2.35. The zero-order valence-corrected chi connectivity index (χ0v) is 18.8. The molecule has 3 heterocycles. The predicted molar refractivity (Wildman–Crippen MR) is 115 cm³/mol. The quantitative estimate of drug-likeness (QED) is 0.367. The number of benzene rings is 1. The number of amides is 1. The molecule has 0 radical (unpaired) electrons. The summed E-state index contributed by atoms with van der Waals surface area (Å²) in [5.74, 6) is -0.864. The molecule has 0 spiro atoms. The summed E-state index contributed by atoms with van der Waals surface area (Å²) in [5, 5.41) is 9.90. The lowest BCUT2D eigenvalue weighted by atomic mass is 10.0. The van der Waals surface area contributed by atoms with Crippen molar-refractivity contribution in [3.05, 3.63) is 65.2 Å². The number of ether oxygens (including phenoxy) is 1. The Bertz CT molecular complexity index is 1420. The van der Waals surface area contributed by atoms with Crippen LogP contribution in [0.15, 0.2) is 42.7 Å². The first-order valence-electron chi connectivity index (χ1n) is 10.3. The van der Waals surface area contributed by atoms with E-state index in [0.717, 1.165) is 34.1 Å². The van der Waals surface area contributed by atoms with Gasteiger partial charge in [0.25, 0.3) is 5.91 Å². The molecule has 8 nitrogen and oxygen atoms in total. The molecule has 0 aliphatic heterocycles. The van der Waals surface area contributed by atoms with Gasteiger partial charge in [-0.3, -0.25) is 4.79 Å². The van der Waals surface area contributed by atoms with Crippen molar-refractivity contribution in [1.82, 2.24) is 24.4 Å². The van der Waals surface area contributed by atoms with Gasteiger partial charge in [-0.15, -0.1) is 0 Å². The van der Waals surface area contributed by atoms with E-state index in [0.29, 0.717) is 10.1 Å². The monoisotopic (exact) mass is 512 g/mol. The van der Waals surface area contributed by atoms with Gasteiger partial charge in [0.15, 0.2) is 17.0 Å². The molecule has 0 fully saturated rings. The fraction of sp³-hybridized carbons (Fsp3) is 0.273. The van der Waals surface area contributed by atoms with E-state index >= 15 is 0 Å². The second-order valence-corrected chi connectivity index (χ2v) is 7.94. The zero-order chi connectivity index (χ0) is 26.3. The second kappa shape index (κ2) is 9.26. The molecule has 0 aliphatic carbocycles. The Labute approximate surface area is 199 Å². The molecule has 190 valence electrons. The van der Waals surface area contributed by atoms with Crippen LogP contribution in [0.1, 0.15) is 27.3 Å². The van der Waals surface area contributed by atoms with E-state index in [1.165, 1.54) is 6.20 Å². The van der Waals surface area contributed by atoms with E-state index < -0.39 is 37.3 Å². The minimum absolute atomic E-state index is 0.0601. The number of aryl methyl sites for hydroxylation is 2. The Morgan fingerprint density at radius 3 is 2.47 bits per heavy atom. The molecule has 0 unspecified atom stereocenters. The first-order valence-corrected chi connectivity index (χ1v) is 10.3. The Morgan fingerprint density at radius 2 is 1.81 bits per heavy atom. The first kappa shape index (κ1) is 25.2. The standard InChI is InChI=1S/C22H18F6N6O2/c1-12-3-4-14(5-13(12)2)16-6-18(22(26,27)28)34-19(31-16)7-17(32-34)20(35)30-15-8-29-33(9-15)11-36-10-21(23,24)25/h3-9H,10-11H2,1-2H3,(H,30,35). The van der Waals surface area contributed by atoms with Crippen molar-refractivity contribution in [3.63, 3.8) is 0 Å². The van der Waals surface area contributed by atoms with Crippen molar-refractivity contribution in [3.8, 4) is 11.3 Å². The third-order valence-electron chi connectivity index (χ3n) is 5.13. The number of alkyl halides is 6. The SMILES string of the molecule is Cc1ccc(-c2cc(C(F)(F)F)n3nc(C(=O)Nc4cnn(COCC(F)(F)F)c4)cc3n2)cc1C. The van der Waals surface area contributed by atoms with E-state index in [1.54, 1.807) is 18.2 Å². The smallest absolute Gasteiger partial charge is 0.350 e. The fourth-order valence-corrected chi connectivity index (χ4v) is 3.28. The lowest BCUT2D eigenvalue weighted by molar-refractivity contribution is -0.182. The van der Waals surface area contributed by atoms with Crippen LogP contribution in [0, 0.1) is 13.8 Å². The number of halogens is 6. The van der Waals surface area contributed by atoms with Crippen molar-refractivity contribution in [2.24, 2.45) is 0 Å². The zero-order valence-electron chi connectivity index (χ0n) is 18.8. The van der Waals surface area contributed by atoms with Crippen molar-refractivity contribution in [2.75, 3.05) is 11.9 Å². The highest BCUT2D eigenvalue weighted by atomic mass is 19.4. The molecule has 1 amide bonds. The summed E-state index contributed by atoms with van der Waals surface area (Å²) >= 11 is 0. The summed E-state index contributed by atoms with van der Waals surface area (Å²) in [6, 6.07) is 7.10. The van der Waals surface area contributed by atoms with E-state index in [4.69, 9.17) is 0 Å². The summed E-state index contributed by atoms with van der Waals surface area (Å²) in [4.78, 5) is 16.9. The number of anilines is 1. The molecular formula is C22H18F6N6O2. The lowest BCUT2D eigenvalue weighted by Crippen LogP contribution is -2.18. The average Bonchev–Trinajstić information content (AvgIpc) is 3.40. The number of hydrogen-bond donors (Lipinski definition) is 1. The van der Waals surface area contributed by atoms with Crippen LogP contribution in [0.3, 0.4) is 0 Å². The minimum Gasteiger partial charge on any atom is -0.350 e. The molecule has 0 aliphatic rings. The Kier molecular flexibility index (Phi) is 6.47. The summed E-state index contributed by atoms with van der Waals surface area (Å²) in [6.07, 6.45) is -6.95. The topological polar surface area (TPSA) is 86.3 Å². The third-order valence-corrected chi connectivity index (χ3v) is 5.13. The van der Waals surface area contributed by atoms with Crippen LogP contribution in [0.4, 0.5) is 32.0 Å². The molecule has 3 aromatic heterocycles. The molecule has 4 aromatic rings. The maximum atomic E-state index is 13.8. The molecule has 1 N–H and O–H groups in total. The molecular weight excluding hydrogens is 494 g/mol. The van der Waals surface area contributed by atoms with Gasteiger partial charge >= 0.3 is 12.4 Å². The van der Waals surface area contributed by atoms with Crippen LogP contribution < -0.4 is 5.32 Å². The lowest BCUT2D eigenvalue weighted by Gasteiger charge is -2.11. The summed E-state index contributed by atoms with van der Waals surface area (Å²) in [5.41, 5.74) is 0.783. The molecule has 1 aromatic carbocycles. The van der Waals surface area contributed by atoms with Crippen LogP contribution in [-0.2, 0) is 17.6 Å². The van der Waals surface area contributed by atoms with E-state index in [1.807, 2.05) is 13.8 Å². The Hall–Kier alpha value is -3.94. The molecule has 0 atom stereocenters. The van der Waals surface area contributed by atoms with Gasteiger partial charge in [0, 0.05) is 11.6 Å². The first-order chi connectivity index (χ1) is 16.8. The van der Waals surface area contributed by atoms with E-state index in [-0.39, 0.29) is 22.7 Å². The maximum Gasteiger partial charge on any atom is 0.433 e. The maximum absolute atomic E-state index is 13.8. The highest BCUT2D eigenvalue weighted by Crippen LogP contribution is 2.33. The van der Waals surface area contributed by atoms with Gasteiger partial charge in [-0.2, -0.15) is 36.5 Å². The van der Waals surface area contributed by atoms with Gasteiger partial charge in [-0.1, -0.05) is 12.1 Å². The van der Waals surface area contributed by atoms with Gasteiger partial charge in [0.1, 0.15) is 13.3 Å². The predicted octanol–water partition coefficient (Wildman–Crippen LogP) is 5.02. The fourth-order valence-electron chi connectivity index (χ4n) is 3.28.